The van der Waals surface area contributed by atoms with Crippen LogP contribution in [-0.4, -0.2) is 19.6 Å². The Bertz CT molecular complexity index is 627. The Hall–Kier alpha value is -2.01. The molecule has 5 heteroatoms. The number of hydrogen-bond acceptors (Lipinski definition) is 3. The molecule has 0 unspecified atom stereocenters. The number of rotatable bonds is 5. The van der Waals surface area contributed by atoms with Crippen LogP contribution in [0, 0.1) is 6.92 Å². The first-order valence-corrected chi connectivity index (χ1v) is 7.31. The predicted molar refractivity (Wildman–Crippen MR) is 89.0 cm³/mol. The van der Waals surface area contributed by atoms with Crippen molar-refractivity contribution >= 4 is 33.2 Å². The first-order valence-electron chi connectivity index (χ1n) is 6.52. The van der Waals surface area contributed by atoms with Crippen molar-refractivity contribution in [3.63, 3.8) is 0 Å². The van der Waals surface area contributed by atoms with Gasteiger partial charge < -0.3 is 15.4 Å². The van der Waals surface area contributed by atoms with E-state index >= 15 is 0 Å². The molecule has 0 aliphatic carbocycles. The van der Waals surface area contributed by atoms with Crippen molar-refractivity contribution in [2.75, 3.05) is 24.3 Å². The number of benzene rings is 2. The lowest BCUT2D eigenvalue weighted by Gasteiger charge is -2.12. The van der Waals surface area contributed by atoms with Crippen LogP contribution in [0.2, 0.25) is 0 Å². The van der Waals surface area contributed by atoms with Gasteiger partial charge in [0.05, 0.1) is 19.3 Å². The first-order chi connectivity index (χ1) is 10.1. The predicted octanol–water partition coefficient (Wildman–Crippen LogP) is 3.82. The topological polar surface area (TPSA) is 50.4 Å². The van der Waals surface area contributed by atoms with E-state index < -0.39 is 0 Å². The van der Waals surface area contributed by atoms with Gasteiger partial charge in [-0.1, -0.05) is 22.0 Å². The Morgan fingerprint density at radius 2 is 1.90 bits per heavy atom. The number of halogens is 1. The molecule has 0 bridgehead atoms. The van der Waals surface area contributed by atoms with E-state index in [1.807, 2.05) is 49.4 Å². The van der Waals surface area contributed by atoms with Gasteiger partial charge in [-0.3, -0.25) is 4.79 Å². The third kappa shape index (κ3) is 4.49. The summed E-state index contributed by atoms with van der Waals surface area (Å²) in [5.41, 5.74) is 2.68. The molecular formula is C16H17BrN2O2. The van der Waals surface area contributed by atoms with Gasteiger partial charge in [-0.15, -0.1) is 0 Å². The van der Waals surface area contributed by atoms with Crippen LogP contribution in [0.1, 0.15) is 5.56 Å². The molecule has 0 aliphatic heterocycles. The zero-order chi connectivity index (χ0) is 15.2. The van der Waals surface area contributed by atoms with Gasteiger partial charge in [-0.05, 0) is 48.9 Å². The largest absolute Gasteiger partial charge is 0.495 e. The van der Waals surface area contributed by atoms with Crippen molar-refractivity contribution in [1.82, 2.24) is 0 Å². The molecule has 2 aromatic carbocycles. The van der Waals surface area contributed by atoms with E-state index in [0.717, 1.165) is 27.2 Å². The SMILES string of the molecule is COc1ccc(C)cc1NCC(=O)Nc1ccc(Br)cc1. The summed E-state index contributed by atoms with van der Waals surface area (Å²) in [7, 11) is 1.61. The molecular weight excluding hydrogens is 332 g/mol. The summed E-state index contributed by atoms with van der Waals surface area (Å²) in [5.74, 6) is 0.609. The molecule has 4 nitrogen and oxygen atoms in total. The summed E-state index contributed by atoms with van der Waals surface area (Å²) in [6, 6.07) is 13.2. The quantitative estimate of drug-likeness (QED) is 0.863. The molecule has 0 fully saturated rings. The Balaban J connectivity index is 1.95. The van der Waals surface area contributed by atoms with Gasteiger partial charge in [-0.2, -0.15) is 0 Å². The highest BCUT2D eigenvalue weighted by molar-refractivity contribution is 9.10. The van der Waals surface area contributed by atoms with Crippen molar-refractivity contribution in [2.45, 2.75) is 6.92 Å². The third-order valence-corrected chi connectivity index (χ3v) is 3.45. The van der Waals surface area contributed by atoms with Gasteiger partial charge in [0.25, 0.3) is 0 Å². The zero-order valence-corrected chi connectivity index (χ0v) is 13.5. The molecule has 0 aromatic heterocycles. The second-order valence-electron chi connectivity index (χ2n) is 4.61. The fourth-order valence-electron chi connectivity index (χ4n) is 1.87. The van der Waals surface area contributed by atoms with E-state index in [-0.39, 0.29) is 12.5 Å². The molecule has 21 heavy (non-hydrogen) atoms. The molecule has 110 valence electrons. The highest BCUT2D eigenvalue weighted by atomic mass is 79.9. The summed E-state index contributed by atoms with van der Waals surface area (Å²) in [6.45, 7) is 2.17. The zero-order valence-electron chi connectivity index (χ0n) is 11.9. The van der Waals surface area contributed by atoms with Gasteiger partial charge in [0, 0.05) is 10.2 Å². The van der Waals surface area contributed by atoms with E-state index in [0.29, 0.717) is 0 Å². The summed E-state index contributed by atoms with van der Waals surface area (Å²) < 4.78 is 6.24. The fraction of sp³-hybridized carbons (Fsp3) is 0.188. The van der Waals surface area contributed by atoms with Crippen molar-refractivity contribution < 1.29 is 9.53 Å². The first kappa shape index (κ1) is 15.4. The molecule has 0 spiro atoms. The Labute approximate surface area is 132 Å². The number of carbonyl (C=O) groups excluding carboxylic acids is 1. The molecule has 0 saturated heterocycles. The third-order valence-electron chi connectivity index (χ3n) is 2.92. The van der Waals surface area contributed by atoms with Crippen molar-refractivity contribution in [3.8, 4) is 5.75 Å². The molecule has 1 amide bonds. The Morgan fingerprint density at radius 3 is 2.57 bits per heavy atom. The normalized spacial score (nSPS) is 10.0. The minimum atomic E-state index is -0.110. The Morgan fingerprint density at radius 1 is 1.19 bits per heavy atom. The second kappa shape index (κ2) is 7.13. The van der Waals surface area contributed by atoms with Gasteiger partial charge in [0.2, 0.25) is 5.91 Å². The summed E-state index contributed by atoms with van der Waals surface area (Å²) in [6.07, 6.45) is 0. The number of carbonyl (C=O) groups is 1. The monoisotopic (exact) mass is 348 g/mol. The lowest BCUT2D eigenvalue weighted by atomic mass is 10.2. The van der Waals surface area contributed by atoms with E-state index in [4.69, 9.17) is 4.74 Å². The van der Waals surface area contributed by atoms with Crippen LogP contribution in [0.4, 0.5) is 11.4 Å². The van der Waals surface area contributed by atoms with Crippen LogP contribution >= 0.6 is 15.9 Å². The average Bonchev–Trinajstić information content (AvgIpc) is 2.48. The lowest BCUT2D eigenvalue weighted by molar-refractivity contribution is -0.114. The van der Waals surface area contributed by atoms with Crippen molar-refractivity contribution in [1.29, 1.82) is 0 Å². The molecule has 0 aliphatic rings. The minimum Gasteiger partial charge on any atom is -0.495 e. The fourth-order valence-corrected chi connectivity index (χ4v) is 2.14. The summed E-state index contributed by atoms with van der Waals surface area (Å²) >= 11 is 3.36. The summed E-state index contributed by atoms with van der Waals surface area (Å²) in [4.78, 5) is 11.9. The molecule has 2 rings (SSSR count). The average molecular weight is 349 g/mol. The number of anilines is 2. The van der Waals surface area contributed by atoms with Crippen molar-refractivity contribution in [2.24, 2.45) is 0 Å². The molecule has 2 aromatic rings. The van der Waals surface area contributed by atoms with Crippen LogP contribution in [0.25, 0.3) is 0 Å². The van der Waals surface area contributed by atoms with Crippen LogP contribution in [-0.2, 0) is 4.79 Å². The number of hydrogen-bond donors (Lipinski definition) is 2. The van der Waals surface area contributed by atoms with Crippen LogP contribution < -0.4 is 15.4 Å². The van der Waals surface area contributed by atoms with E-state index in [2.05, 4.69) is 26.6 Å². The number of nitrogens with one attached hydrogen (secondary N) is 2. The Kier molecular flexibility index (Phi) is 5.22. The smallest absolute Gasteiger partial charge is 0.243 e. The van der Waals surface area contributed by atoms with Gasteiger partial charge in [0.1, 0.15) is 5.75 Å². The van der Waals surface area contributed by atoms with Crippen LogP contribution in [0.5, 0.6) is 5.75 Å². The second-order valence-corrected chi connectivity index (χ2v) is 5.53. The lowest BCUT2D eigenvalue weighted by Crippen LogP contribution is -2.21. The summed E-state index contributed by atoms with van der Waals surface area (Å²) in [5, 5.41) is 5.92. The van der Waals surface area contributed by atoms with E-state index in [1.165, 1.54) is 0 Å². The van der Waals surface area contributed by atoms with E-state index in [1.54, 1.807) is 7.11 Å². The highest BCUT2D eigenvalue weighted by Crippen LogP contribution is 2.24. The molecule has 0 saturated carbocycles. The molecule has 0 heterocycles. The maximum atomic E-state index is 11.9. The number of ether oxygens (including phenoxy) is 1. The van der Waals surface area contributed by atoms with Crippen molar-refractivity contribution in [3.05, 3.63) is 52.5 Å². The maximum Gasteiger partial charge on any atom is 0.243 e. The highest BCUT2D eigenvalue weighted by Gasteiger charge is 2.06. The van der Waals surface area contributed by atoms with Gasteiger partial charge in [0.15, 0.2) is 0 Å². The molecule has 0 radical (unpaired) electrons. The minimum absolute atomic E-state index is 0.110. The standard InChI is InChI=1S/C16H17BrN2O2/c1-11-3-8-15(21-2)14(9-11)18-10-16(20)19-13-6-4-12(17)5-7-13/h3-9,18H,10H2,1-2H3,(H,19,20). The number of amides is 1. The molecule has 2 N–H and O–H groups in total. The molecule has 0 atom stereocenters. The van der Waals surface area contributed by atoms with Gasteiger partial charge >= 0.3 is 0 Å². The van der Waals surface area contributed by atoms with Crippen LogP contribution in [0.15, 0.2) is 46.9 Å². The van der Waals surface area contributed by atoms with E-state index in [9.17, 15) is 4.79 Å². The van der Waals surface area contributed by atoms with Gasteiger partial charge in [-0.25, -0.2) is 0 Å². The van der Waals surface area contributed by atoms with Crippen LogP contribution in [0.3, 0.4) is 0 Å². The number of methoxy groups -OCH3 is 1. The maximum absolute atomic E-state index is 11.9. The number of aryl methyl sites for hydroxylation is 1.